The second-order valence-electron chi connectivity index (χ2n) is 8.79. The van der Waals surface area contributed by atoms with Crippen LogP contribution in [0.3, 0.4) is 0 Å². The predicted molar refractivity (Wildman–Crippen MR) is 130 cm³/mol. The Kier molecular flexibility index (Phi) is 7.79. The molecule has 2 N–H and O–H groups in total. The van der Waals surface area contributed by atoms with Gasteiger partial charge in [0.05, 0.1) is 13.5 Å². The Morgan fingerprint density at radius 1 is 0.912 bits per heavy atom. The minimum atomic E-state index is -0.938. The van der Waals surface area contributed by atoms with Gasteiger partial charge in [-0.05, 0) is 48.0 Å². The van der Waals surface area contributed by atoms with Gasteiger partial charge in [0.15, 0.2) is 11.5 Å². The van der Waals surface area contributed by atoms with Crippen LogP contribution in [0.1, 0.15) is 31.9 Å². The van der Waals surface area contributed by atoms with Crippen molar-refractivity contribution in [2.24, 2.45) is 5.41 Å². The first kappa shape index (κ1) is 24.6. The molecule has 3 rings (SSSR count). The van der Waals surface area contributed by atoms with Gasteiger partial charge in [0.1, 0.15) is 18.1 Å². The van der Waals surface area contributed by atoms with Gasteiger partial charge in [-0.3, -0.25) is 9.59 Å². The standard InChI is InChI=1S/C27H29NO6/c1-27(2,3)26(31)28-20-11-13-22(19(16-20)17-33-21-8-6-5-7-9-21)34-24-14-18(15-25(29)30)10-12-23(24)32-4/h5-14,16H,15,17H2,1-4H3,(H,28,31)(H,29,30). The van der Waals surface area contributed by atoms with Crippen LogP contribution in [-0.4, -0.2) is 24.1 Å². The summed E-state index contributed by atoms with van der Waals surface area (Å²) in [5.74, 6) is 0.989. The van der Waals surface area contributed by atoms with Crippen molar-refractivity contribution in [1.82, 2.24) is 0 Å². The van der Waals surface area contributed by atoms with Crippen LogP contribution in [0.4, 0.5) is 5.69 Å². The van der Waals surface area contributed by atoms with Crippen LogP contribution in [0.2, 0.25) is 0 Å². The average molecular weight is 464 g/mol. The molecule has 0 aliphatic rings. The number of aliphatic carboxylic acids is 1. The van der Waals surface area contributed by atoms with E-state index in [0.717, 1.165) is 0 Å². The number of hydrogen-bond donors (Lipinski definition) is 2. The number of amides is 1. The van der Waals surface area contributed by atoms with Crippen molar-refractivity contribution in [2.75, 3.05) is 12.4 Å². The third kappa shape index (κ3) is 6.75. The van der Waals surface area contributed by atoms with Crippen LogP contribution in [0.25, 0.3) is 0 Å². The topological polar surface area (TPSA) is 94.1 Å². The van der Waals surface area contributed by atoms with Gasteiger partial charge < -0.3 is 24.6 Å². The van der Waals surface area contributed by atoms with Crippen molar-refractivity contribution in [3.8, 4) is 23.0 Å². The molecule has 3 aromatic carbocycles. The lowest BCUT2D eigenvalue weighted by molar-refractivity contribution is -0.136. The number of hydrogen-bond acceptors (Lipinski definition) is 5. The molecule has 0 aromatic heterocycles. The van der Waals surface area contributed by atoms with Gasteiger partial charge in [0.25, 0.3) is 0 Å². The fraction of sp³-hybridized carbons (Fsp3) is 0.259. The van der Waals surface area contributed by atoms with Crippen molar-refractivity contribution in [2.45, 2.75) is 33.8 Å². The Labute approximate surface area is 199 Å². The van der Waals surface area contributed by atoms with Gasteiger partial charge in [0, 0.05) is 16.7 Å². The largest absolute Gasteiger partial charge is 0.493 e. The summed E-state index contributed by atoms with van der Waals surface area (Å²) in [5.41, 5.74) is 1.35. The molecule has 0 aliphatic carbocycles. The molecule has 178 valence electrons. The normalized spacial score (nSPS) is 10.9. The first-order chi connectivity index (χ1) is 16.2. The number of nitrogens with one attached hydrogen (secondary N) is 1. The first-order valence-electron chi connectivity index (χ1n) is 10.8. The number of carbonyl (C=O) groups excluding carboxylic acids is 1. The fourth-order valence-electron chi connectivity index (χ4n) is 3.07. The lowest BCUT2D eigenvalue weighted by atomic mass is 9.95. The van der Waals surface area contributed by atoms with Crippen molar-refractivity contribution >= 4 is 17.6 Å². The number of carboxylic acids is 1. The molecule has 0 spiro atoms. The van der Waals surface area contributed by atoms with E-state index in [4.69, 9.17) is 19.3 Å². The third-order valence-corrected chi connectivity index (χ3v) is 4.94. The molecular formula is C27H29NO6. The highest BCUT2D eigenvalue weighted by molar-refractivity contribution is 5.94. The number of rotatable bonds is 9. The number of ether oxygens (including phenoxy) is 3. The molecule has 0 aliphatic heterocycles. The van der Waals surface area contributed by atoms with Crippen LogP contribution >= 0.6 is 0 Å². The predicted octanol–water partition coefficient (Wildman–Crippen LogP) is 5.68. The second-order valence-corrected chi connectivity index (χ2v) is 8.79. The monoisotopic (exact) mass is 463 g/mol. The number of anilines is 1. The Bertz CT molecular complexity index is 1150. The molecule has 34 heavy (non-hydrogen) atoms. The minimum Gasteiger partial charge on any atom is -0.493 e. The molecule has 0 bridgehead atoms. The molecule has 0 heterocycles. The molecule has 0 atom stereocenters. The quantitative estimate of drug-likeness (QED) is 0.424. The maximum Gasteiger partial charge on any atom is 0.307 e. The number of carboxylic acid groups (broad SMARTS) is 1. The van der Waals surface area contributed by atoms with Crippen LogP contribution in [0.5, 0.6) is 23.0 Å². The Morgan fingerprint density at radius 2 is 1.62 bits per heavy atom. The number of methoxy groups -OCH3 is 1. The summed E-state index contributed by atoms with van der Waals surface area (Å²) < 4.78 is 17.5. The Hall–Kier alpha value is -4.00. The van der Waals surface area contributed by atoms with Crippen molar-refractivity contribution < 1.29 is 28.9 Å². The van der Waals surface area contributed by atoms with E-state index in [2.05, 4.69) is 5.32 Å². The fourth-order valence-corrected chi connectivity index (χ4v) is 3.07. The summed E-state index contributed by atoms with van der Waals surface area (Å²) >= 11 is 0. The maximum absolute atomic E-state index is 12.5. The van der Waals surface area contributed by atoms with E-state index in [1.54, 1.807) is 36.4 Å². The van der Waals surface area contributed by atoms with E-state index < -0.39 is 11.4 Å². The van der Waals surface area contributed by atoms with Gasteiger partial charge in [0.2, 0.25) is 5.91 Å². The zero-order chi connectivity index (χ0) is 24.7. The summed E-state index contributed by atoms with van der Waals surface area (Å²) in [5, 5.41) is 12.1. The molecule has 0 saturated carbocycles. The van der Waals surface area contributed by atoms with Crippen molar-refractivity contribution in [3.05, 3.63) is 77.9 Å². The highest BCUT2D eigenvalue weighted by Gasteiger charge is 2.22. The lowest BCUT2D eigenvalue weighted by Gasteiger charge is -2.19. The molecule has 3 aromatic rings. The second kappa shape index (κ2) is 10.7. The highest BCUT2D eigenvalue weighted by Crippen LogP contribution is 2.36. The van der Waals surface area contributed by atoms with E-state index >= 15 is 0 Å². The molecule has 1 amide bonds. The Morgan fingerprint density at radius 3 is 2.26 bits per heavy atom. The SMILES string of the molecule is COc1ccc(CC(=O)O)cc1Oc1ccc(NC(=O)C(C)(C)C)cc1COc1ccccc1. The molecule has 7 heteroatoms. The zero-order valence-electron chi connectivity index (χ0n) is 19.8. The van der Waals surface area contributed by atoms with Crippen LogP contribution < -0.4 is 19.5 Å². The summed E-state index contributed by atoms with van der Waals surface area (Å²) in [6, 6.07) is 19.7. The Balaban J connectivity index is 1.93. The van der Waals surface area contributed by atoms with Gasteiger partial charge in [-0.2, -0.15) is 0 Å². The van der Waals surface area contributed by atoms with Gasteiger partial charge in [-0.25, -0.2) is 0 Å². The molecule has 0 saturated heterocycles. The molecule has 0 unspecified atom stereocenters. The van der Waals surface area contributed by atoms with E-state index in [1.807, 2.05) is 51.1 Å². The maximum atomic E-state index is 12.5. The third-order valence-electron chi connectivity index (χ3n) is 4.94. The number of para-hydroxylation sites is 1. The van der Waals surface area contributed by atoms with Crippen molar-refractivity contribution in [1.29, 1.82) is 0 Å². The van der Waals surface area contributed by atoms with E-state index in [9.17, 15) is 9.59 Å². The summed E-state index contributed by atoms with van der Waals surface area (Å²) in [6.07, 6.45) is -0.137. The van der Waals surface area contributed by atoms with Crippen LogP contribution in [0.15, 0.2) is 66.7 Å². The first-order valence-corrected chi connectivity index (χ1v) is 10.8. The molecule has 0 radical (unpaired) electrons. The summed E-state index contributed by atoms with van der Waals surface area (Å²) in [4.78, 5) is 23.6. The van der Waals surface area contributed by atoms with E-state index in [-0.39, 0.29) is 18.9 Å². The highest BCUT2D eigenvalue weighted by atomic mass is 16.5. The minimum absolute atomic E-state index is 0.112. The van der Waals surface area contributed by atoms with Crippen LogP contribution in [0, 0.1) is 5.41 Å². The van der Waals surface area contributed by atoms with Gasteiger partial charge >= 0.3 is 5.97 Å². The number of benzene rings is 3. The van der Waals surface area contributed by atoms with E-state index in [1.165, 1.54) is 7.11 Å². The average Bonchev–Trinajstić information content (AvgIpc) is 2.79. The van der Waals surface area contributed by atoms with Gasteiger partial charge in [-0.15, -0.1) is 0 Å². The summed E-state index contributed by atoms with van der Waals surface area (Å²) in [6.45, 7) is 5.72. The zero-order valence-corrected chi connectivity index (χ0v) is 19.8. The van der Waals surface area contributed by atoms with Gasteiger partial charge in [-0.1, -0.05) is 45.0 Å². The van der Waals surface area contributed by atoms with E-state index in [0.29, 0.717) is 39.8 Å². The summed E-state index contributed by atoms with van der Waals surface area (Å²) in [7, 11) is 1.52. The number of carbonyl (C=O) groups is 2. The smallest absolute Gasteiger partial charge is 0.307 e. The molecule has 0 fully saturated rings. The lowest BCUT2D eigenvalue weighted by Crippen LogP contribution is -2.27. The van der Waals surface area contributed by atoms with Crippen molar-refractivity contribution in [3.63, 3.8) is 0 Å². The molecular weight excluding hydrogens is 434 g/mol. The van der Waals surface area contributed by atoms with Crippen LogP contribution in [-0.2, 0) is 22.6 Å². The molecule has 7 nitrogen and oxygen atoms in total.